The zero-order valence-electron chi connectivity index (χ0n) is 8.24. The number of rotatable bonds is 4. The van der Waals surface area contributed by atoms with Gasteiger partial charge in [-0.1, -0.05) is 23.7 Å². The second-order valence-corrected chi connectivity index (χ2v) is 3.46. The number of benzene rings is 1. The number of aliphatic carboxylic acids is 1. The quantitative estimate of drug-likeness (QED) is 0.817. The Balaban J connectivity index is 2.90. The molecule has 0 saturated carbocycles. The molecule has 0 aliphatic rings. The topological polar surface area (TPSA) is 72.5 Å². The van der Waals surface area contributed by atoms with Crippen LogP contribution in [0.4, 0.5) is 0 Å². The first-order valence-corrected chi connectivity index (χ1v) is 4.73. The molecule has 0 bridgehead atoms. The molecule has 5 heteroatoms. The van der Waals surface area contributed by atoms with Crippen molar-refractivity contribution < 1.29 is 14.6 Å². The molecule has 0 aromatic heterocycles. The summed E-state index contributed by atoms with van der Waals surface area (Å²) in [7, 11) is 1.50. The van der Waals surface area contributed by atoms with Crippen LogP contribution in [-0.2, 0) is 11.2 Å². The molecule has 3 N–H and O–H groups in total. The lowest BCUT2D eigenvalue weighted by Gasteiger charge is -2.10. The Morgan fingerprint density at radius 1 is 1.67 bits per heavy atom. The van der Waals surface area contributed by atoms with Crippen LogP contribution in [0.25, 0.3) is 0 Å². The van der Waals surface area contributed by atoms with E-state index in [1.807, 2.05) is 0 Å². The number of nitrogens with two attached hydrogens (primary N) is 1. The van der Waals surface area contributed by atoms with E-state index in [-0.39, 0.29) is 6.42 Å². The third-order valence-corrected chi connectivity index (χ3v) is 2.45. The van der Waals surface area contributed by atoms with Gasteiger partial charge in [-0.3, -0.25) is 4.79 Å². The van der Waals surface area contributed by atoms with Crippen molar-refractivity contribution in [3.8, 4) is 5.75 Å². The molecule has 0 heterocycles. The standard InChI is InChI=1S/C10H12ClNO3/c1-15-8-4-2-3-6(9(8)11)5-7(12)10(13)14/h2-4,7H,5,12H2,1H3,(H,13,14)/t7-/m0/s1. The van der Waals surface area contributed by atoms with Crippen LogP contribution >= 0.6 is 11.6 Å². The number of ether oxygens (including phenoxy) is 1. The van der Waals surface area contributed by atoms with E-state index in [0.717, 1.165) is 0 Å². The first kappa shape index (κ1) is 11.8. The summed E-state index contributed by atoms with van der Waals surface area (Å²) in [5.74, 6) is -0.527. The normalized spacial score (nSPS) is 12.2. The summed E-state index contributed by atoms with van der Waals surface area (Å²) in [6, 6.07) is 4.23. The summed E-state index contributed by atoms with van der Waals surface area (Å²) in [6.45, 7) is 0. The fraction of sp³-hybridized carbons (Fsp3) is 0.300. The summed E-state index contributed by atoms with van der Waals surface area (Å²) in [5.41, 5.74) is 6.08. The molecule has 1 aromatic carbocycles. The molecule has 0 aliphatic heterocycles. The Kier molecular flexibility index (Phi) is 3.94. The van der Waals surface area contributed by atoms with Gasteiger partial charge in [0.15, 0.2) is 0 Å². The van der Waals surface area contributed by atoms with E-state index < -0.39 is 12.0 Å². The number of carbonyl (C=O) groups is 1. The van der Waals surface area contributed by atoms with Crippen LogP contribution in [0, 0.1) is 0 Å². The predicted molar refractivity (Wildman–Crippen MR) is 57.3 cm³/mol. The summed E-state index contributed by atoms with van der Waals surface area (Å²) in [6.07, 6.45) is 0.186. The molecule has 0 amide bonds. The van der Waals surface area contributed by atoms with E-state index in [0.29, 0.717) is 16.3 Å². The van der Waals surface area contributed by atoms with Crippen LogP contribution in [0.15, 0.2) is 18.2 Å². The molecular formula is C10H12ClNO3. The molecule has 15 heavy (non-hydrogen) atoms. The molecule has 1 rings (SSSR count). The van der Waals surface area contributed by atoms with Crippen LogP contribution in [0.3, 0.4) is 0 Å². The Labute approximate surface area is 92.6 Å². The van der Waals surface area contributed by atoms with Gasteiger partial charge in [-0.25, -0.2) is 0 Å². The number of hydrogen-bond donors (Lipinski definition) is 2. The maximum atomic E-state index is 10.6. The number of carboxylic acid groups (broad SMARTS) is 1. The molecule has 0 saturated heterocycles. The number of carboxylic acids is 1. The Morgan fingerprint density at radius 3 is 2.87 bits per heavy atom. The molecule has 4 nitrogen and oxygen atoms in total. The molecule has 1 atom stereocenters. The number of hydrogen-bond acceptors (Lipinski definition) is 3. The summed E-state index contributed by atoms with van der Waals surface area (Å²) in [5, 5.41) is 9.07. The maximum Gasteiger partial charge on any atom is 0.320 e. The Hall–Kier alpha value is -1.26. The van der Waals surface area contributed by atoms with Crippen molar-refractivity contribution in [3.05, 3.63) is 28.8 Å². The highest BCUT2D eigenvalue weighted by molar-refractivity contribution is 6.32. The van der Waals surface area contributed by atoms with Crippen LogP contribution in [0.1, 0.15) is 5.56 Å². The molecule has 0 radical (unpaired) electrons. The van der Waals surface area contributed by atoms with E-state index in [4.69, 9.17) is 27.2 Å². The molecule has 1 aromatic rings. The van der Waals surface area contributed by atoms with Crippen molar-refractivity contribution >= 4 is 17.6 Å². The van der Waals surface area contributed by atoms with Crippen molar-refractivity contribution in [2.75, 3.05) is 7.11 Å². The van der Waals surface area contributed by atoms with Gasteiger partial charge in [0, 0.05) is 0 Å². The minimum absolute atomic E-state index is 0.186. The fourth-order valence-corrected chi connectivity index (χ4v) is 1.48. The van der Waals surface area contributed by atoms with Gasteiger partial charge >= 0.3 is 5.97 Å². The lowest BCUT2D eigenvalue weighted by Crippen LogP contribution is -2.32. The lowest BCUT2D eigenvalue weighted by atomic mass is 10.1. The SMILES string of the molecule is COc1cccc(C[C@H](N)C(=O)O)c1Cl. The third-order valence-electron chi connectivity index (χ3n) is 2.02. The van der Waals surface area contributed by atoms with Crippen LogP contribution < -0.4 is 10.5 Å². The fourth-order valence-electron chi connectivity index (χ4n) is 1.20. The van der Waals surface area contributed by atoms with Gasteiger partial charge in [-0.2, -0.15) is 0 Å². The molecule has 0 unspecified atom stereocenters. The summed E-state index contributed by atoms with van der Waals surface area (Å²) < 4.78 is 5.01. The summed E-state index contributed by atoms with van der Waals surface area (Å²) in [4.78, 5) is 10.6. The number of halogens is 1. The largest absolute Gasteiger partial charge is 0.495 e. The van der Waals surface area contributed by atoms with Crippen molar-refractivity contribution in [2.24, 2.45) is 5.73 Å². The Bertz CT molecular complexity index is 368. The van der Waals surface area contributed by atoms with Gasteiger partial charge in [0.05, 0.1) is 12.1 Å². The van der Waals surface area contributed by atoms with E-state index in [2.05, 4.69) is 0 Å². The monoisotopic (exact) mass is 229 g/mol. The minimum atomic E-state index is -1.05. The van der Waals surface area contributed by atoms with E-state index >= 15 is 0 Å². The zero-order valence-corrected chi connectivity index (χ0v) is 8.99. The average Bonchev–Trinajstić information content (AvgIpc) is 2.21. The first-order valence-electron chi connectivity index (χ1n) is 4.36. The predicted octanol–water partition coefficient (Wildman–Crippen LogP) is 1.30. The maximum absolute atomic E-state index is 10.6. The third kappa shape index (κ3) is 2.84. The summed E-state index contributed by atoms with van der Waals surface area (Å²) >= 11 is 5.98. The Morgan fingerprint density at radius 2 is 2.33 bits per heavy atom. The second-order valence-electron chi connectivity index (χ2n) is 3.08. The van der Waals surface area contributed by atoms with E-state index in [9.17, 15) is 4.79 Å². The second kappa shape index (κ2) is 5.00. The number of methoxy groups -OCH3 is 1. The highest BCUT2D eigenvalue weighted by Gasteiger charge is 2.15. The highest BCUT2D eigenvalue weighted by Crippen LogP contribution is 2.28. The minimum Gasteiger partial charge on any atom is -0.495 e. The molecule has 0 spiro atoms. The first-order chi connectivity index (χ1) is 7.06. The van der Waals surface area contributed by atoms with E-state index in [1.165, 1.54) is 7.11 Å². The molecule has 82 valence electrons. The molecule has 0 aliphatic carbocycles. The van der Waals surface area contributed by atoms with Gasteiger partial charge < -0.3 is 15.6 Å². The van der Waals surface area contributed by atoms with Gasteiger partial charge in [-0.05, 0) is 18.1 Å². The zero-order chi connectivity index (χ0) is 11.4. The van der Waals surface area contributed by atoms with Gasteiger partial charge in [0.2, 0.25) is 0 Å². The molecule has 0 fully saturated rings. The molecular weight excluding hydrogens is 218 g/mol. The van der Waals surface area contributed by atoms with Crippen molar-refractivity contribution in [1.82, 2.24) is 0 Å². The van der Waals surface area contributed by atoms with Crippen LogP contribution in [-0.4, -0.2) is 24.2 Å². The van der Waals surface area contributed by atoms with Crippen LogP contribution in [0.2, 0.25) is 5.02 Å². The van der Waals surface area contributed by atoms with Crippen molar-refractivity contribution in [2.45, 2.75) is 12.5 Å². The smallest absolute Gasteiger partial charge is 0.320 e. The highest BCUT2D eigenvalue weighted by atomic mass is 35.5. The van der Waals surface area contributed by atoms with Gasteiger partial charge in [0.25, 0.3) is 0 Å². The van der Waals surface area contributed by atoms with Crippen LogP contribution in [0.5, 0.6) is 5.75 Å². The van der Waals surface area contributed by atoms with Gasteiger partial charge in [0.1, 0.15) is 11.8 Å². The van der Waals surface area contributed by atoms with Crippen molar-refractivity contribution in [3.63, 3.8) is 0 Å². The van der Waals surface area contributed by atoms with Crippen molar-refractivity contribution in [1.29, 1.82) is 0 Å². The van der Waals surface area contributed by atoms with Gasteiger partial charge in [-0.15, -0.1) is 0 Å². The lowest BCUT2D eigenvalue weighted by molar-refractivity contribution is -0.138. The average molecular weight is 230 g/mol. The van der Waals surface area contributed by atoms with E-state index in [1.54, 1.807) is 18.2 Å².